The number of hydrogen-bond acceptors (Lipinski definition) is 3. The van der Waals surface area contributed by atoms with E-state index in [0.717, 1.165) is 84.2 Å². The summed E-state index contributed by atoms with van der Waals surface area (Å²) in [5.41, 5.74) is 4.55. The Morgan fingerprint density at radius 2 is 1.43 bits per heavy atom. The Kier molecular flexibility index (Phi) is 11.2. The molecule has 3 aromatic carbocycles. The summed E-state index contributed by atoms with van der Waals surface area (Å²) in [5.74, 6) is -0.384. The van der Waals surface area contributed by atoms with Gasteiger partial charge in [0.15, 0.2) is 0 Å². The molecule has 0 atom stereocenters. The highest BCUT2D eigenvalue weighted by molar-refractivity contribution is 5.94. The lowest BCUT2D eigenvalue weighted by molar-refractivity contribution is -0.138. The summed E-state index contributed by atoms with van der Waals surface area (Å²) in [7, 11) is 0. The van der Waals surface area contributed by atoms with Gasteiger partial charge in [0.25, 0.3) is 5.91 Å². The predicted molar refractivity (Wildman–Crippen MR) is 150 cm³/mol. The first kappa shape index (κ1) is 30.7. The van der Waals surface area contributed by atoms with Gasteiger partial charge in [-0.05, 0) is 97.3 Å². The molecule has 0 heterocycles. The number of carboxylic acids is 1. The van der Waals surface area contributed by atoms with E-state index in [-0.39, 0.29) is 18.9 Å². The molecule has 0 saturated heterocycles. The molecule has 0 aliphatic rings. The van der Waals surface area contributed by atoms with Gasteiger partial charge in [-0.3, -0.25) is 9.59 Å². The summed E-state index contributed by atoms with van der Waals surface area (Å²) in [5, 5.41) is 11.2. The van der Waals surface area contributed by atoms with Gasteiger partial charge in [0.05, 0.1) is 18.6 Å². The number of nitrogens with one attached hydrogen (secondary N) is 1. The van der Waals surface area contributed by atoms with Gasteiger partial charge in [-0.1, -0.05) is 43.5 Å². The van der Waals surface area contributed by atoms with Crippen molar-refractivity contribution in [2.75, 3.05) is 13.2 Å². The number of carbonyl (C=O) groups excluding carboxylic acids is 1. The van der Waals surface area contributed by atoms with E-state index in [4.69, 9.17) is 9.84 Å². The van der Waals surface area contributed by atoms with E-state index in [9.17, 15) is 22.8 Å². The van der Waals surface area contributed by atoms with Crippen molar-refractivity contribution in [3.8, 4) is 16.9 Å². The molecule has 0 saturated carbocycles. The molecule has 0 spiro atoms. The highest BCUT2D eigenvalue weighted by Crippen LogP contribution is 2.33. The van der Waals surface area contributed by atoms with Crippen LogP contribution in [0.25, 0.3) is 11.1 Å². The minimum atomic E-state index is -4.34. The zero-order chi connectivity index (χ0) is 29.1. The molecule has 214 valence electrons. The molecule has 40 heavy (non-hydrogen) atoms. The third-order valence-electron chi connectivity index (χ3n) is 6.70. The smallest absolute Gasteiger partial charge is 0.416 e. The molecule has 0 unspecified atom stereocenters. The Morgan fingerprint density at radius 3 is 2.02 bits per heavy atom. The number of hydrogen-bond donors (Lipinski definition) is 2. The molecule has 1 amide bonds. The minimum absolute atomic E-state index is 0.100. The van der Waals surface area contributed by atoms with Crippen molar-refractivity contribution in [3.05, 3.63) is 88.5 Å². The van der Waals surface area contributed by atoms with Crippen LogP contribution in [0.15, 0.2) is 60.7 Å². The third kappa shape index (κ3) is 9.43. The number of alkyl halides is 3. The van der Waals surface area contributed by atoms with Gasteiger partial charge in [-0.25, -0.2) is 0 Å². The Labute approximate surface area is 233 Å². The van der Waals surface area contributed by atoms with Crippen LogP contribution in [0.4, 0.5) is 13.2 Å². The maximum atomic E-state index is 12.8. The normalized spacial score (nSPS) is 11.3. The number of halogens is 3. The first-order valence-corrected chi connectivity index (χ1v) is 13.5. The van der Waals surface area contributed by atoms with Crippen molar-refractivity contribution in [2.45, 2.75) is 65.0 Å². The van der Waals surface area contributed by atoms with E-state index in [2.05, 4.69) is 5.32 Å². The number of amides is 1. The van der Waals surface area contributed by atoms with Crippen LogP contribution in [-0.2, 0) is 17.4 Å². The highest BCUT2D eigenvalue weighted by Gasteiger charge is 2.30. The monoisotopic (exact) mass is 555 g/mol. The third-order valence-corrected chi connectivity index (χ3v) is 6.70. The summed E-state index contributed by atoms with van der Waals surface area (Å²) < 4.78 is 44.6. The number of aliphatic carboxylic acids is 1. The van der Waals surface area contributed by atoms with Crippen molar-refractivity contribution in [2.24, 2.45) is 0 Å². The fourth-order valence-electron chi connectivity index (χ4n) is 4.54. The van der Waals surface area contributed by atoms with Crippen LogP contribution in [-0.4, -0.2) is 30.1 Å². The number of rotatable bonds is 14. The van der Waals surface area contributed by atoms with Crippen molar-refractivity contribution in [1.82, 2.24) is 5.32 Å². The largest absolute Gasteiger partial charge is 0.493 e. The molecule has 0 aliphatic heterocycles. The second kappa shape index (κ2) is 14.5. The van der Waals surface area contributed by atoms with Crippen LogP contribution >= 0.6 is 0 Å². The maximum absolute atomic E-state index is 12.8. The Bertz CT molecular complexity index is 1250. The topological polar surface area (TPSA) is 75.6 Å². The second-order valence-electron chi connectivity index (χ2n) is 9.98. The molecular weight excluding hydrogens is 519 g/mol. The second-order valence-corrected chi connectivity index (χ2v) is 9.98. The summed E-state index contributed by atoms with van der Waals surface area (Å²) in [4.78, 5) is 22.6. The number of ether oxygens (including phenoxy) is 1. The predicted octanol–water partition coefficient (Wildman–Crippen LogP) is 7.77. The van der Waals surface area contributed by atoms with Crippen LogP contribution in [0.2, 0.25) is 0 Å². The minimum Gasteiger partial charge on any atom is -0.493 e. The lowest BCUT2D eigenvalue weighted by Gasteiger charge is -2.15. The van der Waals surface area contributed by atoms with Crippen molar-refractivity contribution in [3.63, 3.8) is 0 Å². The molecule has 8 heteroatoms. The Hall–Kier alpha value is -3.81. The van der Waals surface area contributed by atoms with E-state index >= 15 is 0 Å². The van der Waals surface area contributed by atoms with Gasteiger partial charge in [0.2, 0.25) is 0 Å². The molecule has 2 N–H and O–H groups in total. The van der Waals surface area contributed by atoms with Gasteiger partial charge in [-0.2, -0.15) is 13.2 Å². The van der Waals surface area contributed by atoms with Crippen molar-refractivity contribution < 1.29 is 32.6 Å². The highest BCUT2D eigenvalue weighted by atomic mass is 19.4. The van der Waals surface area contributed by atoms with Crippen LogP contribution in [0.5, 0.6) is 5.75 Å². The van der Waals surface area contributed by atoms with Crippen LogP contribution in [0, 0.1) is 13.8 Å². The van der Waals surface area contributed by atoms with E-state index in [1.807, 2.05) is 38.1 Å². The summed E-state index contributed by atoms with van der Waals surface area (Å²) in [6.45, 7) is 4.62. The van der Waals surface area contributed by atoms with Gasteiger partial charge >= 0.3 is 12.1 Å². The fraction of sp³-hybridized carbons (Fsp3) is 0.375. The summed E-state index contributed by atoms with van der Waals surface area (Å²) in [6.07, 6.45) is 1.72. The Balaban J connectivity index is 1.34. The van der Waals surface area contributed by atoms with E-state index < -0.39 is 17.7 Å². The number of unbranched alkanes of at least 4 members (excludes halogenated alkanes) is 4. The van der Waals surface area contributed by atoms with E-state index in [0.29, 0.717) is 12.2 Å². The van der Waals surface area contributed by atoms with Crippen molar-refractivity contribution in [1.29, 1.82) is 0 Å². The SMILES string of the molecule is Cc1cc(-c2ccc(C(F)(F)F)cc2)cc(C)c1OCCCCCCCc1ccc(C(=O)NCCC(=O)O)cc1. The average Bonchev–Trinajstić information content (AvgIpc) is 2.91. The molecule has 3 aromatic rings. The van der Waals surface area contributed by atoms with Gasteiger partial charge in [-0.15, -0.1) is 0 Å². The van der Waals surface area contributed by atoms with Crippen LogP contribution in [0.3, 0.4) is 0 Å². The zero-order valence-electron chi connectivity index (χ0n) is 22.9. The molecule has 5 nitrogen and oxygen atoms in total. The molecule has 0 fully saturated rings. The maximum Gasteiger partial charge on any atom is 0.416 e. The lowest BCUT2D eigenvalue weighted by atomic mass is 9.98. The fourth-order valence-corrected chi connectivity index (χ4v) is 4.54. The van der Waals surface area contributed by atoms with Crippen molar-refractivity contribution >= 4 is 11.9 Å². The van der Waals surface area contributed by atoms with E-state index in [1.165, 1.54) is 12.1 Å². The summed E-state index contributed by atoms with van der Waals surface area (Å²) >= 11 is 0. The van der Waals surface area contributed by atoms with Gasteiger partial charge in [0.1, 0.15) is 5.75 Å². The number of aryl methyl sites for hydroxylation is 3. The number of carboxylic acid groups (broad SMARTS) is 1. The van der Waals surface area contributed by atoms with E-state index in [1.54, 1.807) is 12.1 Å². The van der Waals surface area contributed by atoms with Crippen LogP contribution in [0.1, 0.15) is 71.1 Å². The standard InChI is InChI=1S/C32H36F3NO4/c1-22-20-27(25-13-15-28(16-14-25)32(33,34)35)21-23(2)30(22)40-19-7-5-3-4-6-8-24-9-11-26(12-10-24)31(39)36-18-17-29(37)38/h9-16,20-21H,3-8,17-19H2,1-2H3,(H,36,39)(H,37,38). The molecule has 0 aliphatic carbocycles. The first-order valence-electron chi connectivity index (χ1n) is 13.5. The quantitative estimate of drug-likeness (QED) is 0.199. The zero-order valence-corrected chi connectivity index (χ0v) is 22.9. The lowest BCUT2D eigenvalue weighted by Crippen LogP contribution is -2.25. The first-order chi connectivity index (χ1) is 19.0. The molecular formula is C32H36F3NO4. The molecule has 3 rings (SSSR count). The van der Waals surface area contributed by atoms with Gasteiger partial charge in [0, 0.05) is 12.1 Å². The van der Waals surface area contributed by atoms with Gasteiger partial charge < -0.3 is 15.2 Å². The summed E-state index contributed by atoms with van der Waals surface area (Å²) in [6, 6.07) is 16.5. The molecule has 0 bridgehead atoms. The number of benzene rings is 3. The molecule has 0 radical (unpaired) electrons. The van der Waals surface area contributed by atoms with Crippen LogP contribution < -0.4 is 10.1 Å². The molecule has 0 aromatic heterocycles. The average molecular weight is 556 g/mol. The number of carbonyl (C=O) groups is 2. The Morgan fingerprint density at radius 1 is 0.825 bits per heavy atom.